The van der Waals surface area contributed by atoms with E-state index in [1.807, 2.05) is 6.07 Å². The van der Waals surface area contributed by atoms with Crippen LogP contribution in [0.15, 0.2) is 66.7 Å². The molecule has 0 aliphatic carbocycles. The van der Waals surface area contributed by atoms with Gasteiger partial charge in [0.1, 0.15) is 5.82 Å². The first kappa shape index (κ1) is 19.5. The van der Waals surface area contributed by atoms with Gasteiger partial charge in [0.2, 0.25) is 0 Å². The second-order valence-corrected chi connectivity index (χ2v) is 7.60. The van der Waals surface area contributed by atoms with Crippen molar-refractivity contribution in [3.8, 4) is 0 Å². The Hall–Kier alpha value is -3.78. The summed E-state index contributed by atoms with van der Waals surface area (Å²) in [6.07, 6.45) is 0. The molecule has 150 valence electrons. The fourth-order valence-electron chi connectivity index (χ4n) is 2.78. The van der Waals surface area contributed by atoms with E-state index in [2.05, 4.69) is 20.9 Å². The van der Waals surface area contributed by atoms with Gasteiger partial charge < -0.3 is 10.6 Å². The first-order chi connectivity index (χ1) is 14.5. The normalized spacial score (nSPS) is 10.6. The Morgan fingerprint density at radius 2 is 1.60 bits per heavy atom. The maximum atomic E-state index is 13.6. The van der Waals surface area contributed by atoms with Gasteiger partial charge in [0.05, 0.1) is 10.2 Å². The number of nitrogens with zero attached hydrogens (tertiary/aromatic N) is 1. The van der Waals surface area contributed by atoms with E-state index in [0.29, 0.717) is 33.1 Å². The number of urea groups is 1. The van der Waals surface area contributed by atoms with Crippen LogP contribution >= 0.6 is 11.3 Å². The second-order valence-electron chi connectivity index (χ2n) is 6.56. The Balaban J connectivity index is 1.44. The molecule has 0 aliphatic rings. The zero-order valence-electron chi connectivity index (χ0n) is 15.9. The highest BCUT2D eigenvalue weighted by molar-refractivity contribution is 7.22. The molecule has 0 aliphatic heterocycles. The first-order valence-corrected chi connectivity index (χ1v) is 9.91. The number of benzene rings is 3. The molecule has 4 aromatic rings. The van der Waals surface area contributed by atoms with Crippen molar-refractivity contribution in [3.05, 3.63) is 83.7 Å². The van der Waals surface area contributed by atoms with Crippen molar-refractivity contribution < 1.29 is 14.0 Å². The van der Waals surface area contributed by atoms with Gasteiger partial charge in [-0.15, -0.1) is 0 Å². The molecule has 4 rings (SSSR count). The number of amides is 3. The zero-order chi connectivity index (χ0) is 21.1. The van der Waals surface area contributed by atoms with Crippen molar-refractivity contribution in [3.63, 3.8) is 0 Å². The van der Waals surface area contributed by atoms with Gasteiger partial charge >= 0.3 is 6.03 Å². The Kier molecular flexibility index (Phi) is 5.40. The summed E-state index contributed by atoms with van der Waals surface area (Å²) < 4.78 is 14.4. The van der Waals surface area contributed by atoms with Crippen molar-refractivity contribution in [1.82, 2.24) is 4.98 Å². The highest BCUT2D eigenvalue weighted by atomic mass is 32.1. The topological polar surface area (TPSA) is 83.1 Å². The van der Waals surface area contributed by atoms with Gasteiger partial charge in [-0.25, -0.2) is 14.2 Å². The van der Waals surface area contributed by atoms with Crippen LogP contribution in [0.25, 0.3) is 10.2 Å². The number of carbonyl (C=O) groups is 2. The minimum absolute atomic E-state index is 0.238. The lowest BCUT2D eigenvalue weighted by molar-refractivity contribution is 0.102. The largest absolute Gasteiger partial charge is 0.323 e. The molecule has 0 atom stereocenters. The molecule has 0 saturated carbocycles. The van der Waals surface area contributed by atoms with Gasteiger partial charge in [-0.3, -0.25) is 10.1 Å². The van der Waals surface area contributed by atoms with Crippen molar-refractivity contribution >= 4 is 50.0 Å². The van der Waals surface area contributed by atoms with Crippen LogP contribution in [-0.2, 0) is 0 Å². The number of aryl methyl sites for hydroxylation is 1. The third kappa shape index (κ3) is 4.44. The number of carbonyl (C=O) groups excluding carboxylic acids is 2. The highest BCUT2D eigenvalue weighted by Gasteiger charge is 2.11. The van der Waals surface area contributed by atoms with E-state index in [4.69, 9.17) is 0 Å². The molecular formula is C22H17FN4O2S. The van der Waals surface area contributed by atoms with E-state index in [0.717, 1.165) is 4.70 Å². The molecule has 0 bridgehead atoms. The highest BCUT2D eigenvalue weighted by Crippen LogP contribution is 2.29. The number of thiazole rings is 1. The fraction of sp³-hybridized carbons (Fsp3) is 0.0455. The minimum Gasteiger partial charge on any atom is -0.308 e. The predicted molar refractivity (Wildman–Crippen MR) is 118 cm³/mol. The molecule has 3 N–H and O–H groups in total. The number of nitrogens with one attached hydrogen (secondary N) is 3. The smallest absolute Gasteiger partial charge is 0.308 e. The SMILES string of the molecule is Cc1ccc(NC(=O)Nc2ccc3nc(NC(=O)c4ccccc4)sc3c2)cc1F. The van der Waals surface area contributed by atoms with Crippen molar-refractivity contribution in [2.24, 2.45) is 0 Å². The van der Waals surface area contributed by atoms with Gasteiger partial charge in [0.15, 0.2) is 5.13 Å². The van der Waals surface area contributed by atoms with Crippen LogP contribution < -0.4 is 16.0 Å². The number of hydrogen-bond acceptors (Lipinski definition) is 4. The summed E-state index contributed by atoms with van der Waals surface area (Å²) in [4.78, 5) is 28.9. The van der Waals surface area contributed by atoms with Crippen molar-refractivity contribution in [2.75, 3.05) is 16.0 Å². The minimum atomic E-state index is -0.486. The fourth-order valence-corrected chi connectivity index (χ4v) is 3.68. The summed E-state index contributed by atoms with van der Waals surface area (Å²) in [6.45, 7) is 1.65. The maximum absolute atomic E-state index is 13.6. The van der Waals surface area contributed by atoms with Crippen LogP contribution in [0.4, 0.5) is 25.7 Å². The average molecular weight is 420 g/mol. The molecule has 6 nitrogen and oxygen atoms in total. The summed E-state index contributed by atoms with van der Waals surface area (Å²) >= 11 is 1.30. The second kappa shape index (κ2) is 8.30. The van der Waals surface area contributed by atoms with Crippen LogP contribution in [0, 0.1) is 12.7 Å². The lowest BCUT2D eigenvalue weighted by Gasteiger charge is -2.08. The molecule has 1 heterocycles. The van der Waals surface area contributed by atoms with Crippen molar-refractivity contribution in [2.45, 2.75) is 6.92 Å². The van der Waals surface area contributed by atoms with Gasteiger partial charge in [0, 0.05) is 16.9 Å². The third-order valence-corrected chi connectivity index (χ3v) is 5.27. The zero-order valence-corrected chi connectivity index (χ0v) is 16.7. The monoisotopic (exact) mass is 420 g/mol. The number of aromatic nitrogens is 1. The quantitative estimate of drug-likeness (QED) is 0.399. The molecule has 30 heavy (non-hydrogen) atoms. The molecule has 1 aromatic heterocycles. The van der Waals surface area contributed by atoms with E-state index in [9.17, 15) is 14.0 Å². The maximum Gasteiger partial charge on any atom is 0.323 e. The van der Waals surface area contributed by atoms with Crippen LogP contribution in [0.1, 0.15) is 15.9 Å². The molecule has 8 heteroatoms. The van der Waals surface area contributed by atoms with Gasteiger partial charge in [0.25, 0.3) is 5.91 Å². The Morgan fingerprint density at radius 3 is 2.33 bits per heavy atom. The van der Waals surface area contributed by atoms with Gasteiger partial charge in [-0.1, -0.05) is 35.6 Å². The number of rotatable bonds is 4. The molecule has 3 aromatic carbocycles. The van der Waals surface area contributed by atoms with Crippen molar-refractivity contribution in [1.29, 1.82) is 0 Å². The van der Waals surface area contributed by atoms with Crippen LogP contribution in [0.3, 0.4) is 0 Å². The number of hydrogen-bond donors (Lipinski definition) is 3. The number of anilines is 3. The van der Waals surface area contributed by atoms with Crippen LogP contribution in [0.2, 0.25) is 0 Å². The summed E-state index contributed by atoms with van der Waals surface area (Å²) in [5, 5.41) is 8.56. The van der Waals surface area contributed by atoms with E-state index >= 15 is 0 Å². The number of fused-ring (bicyclic) bond motifs is 1. The van der Waals surface area contributed by atoms with E-state index in [1.54, 1.807) is 61.5 Å². The summed E-state index contributed by atoms with van der Waals surface area (Å²) in [6, 6.07) is 18.1. The van der Waals surface area contributed by atoms with E-state index in [1.165, 1.54) is 17.4 Å². The Bertz CT molecular complexity index is 1240. The van der Waals surface area contributed by atoms with Gasteiger partial charge in [-0.05, 0) is 55.0 Å². The lowest BCUT2D eigenvalue weighted by Crippen LogP contribution is -2.19. The first-order valence-electron chi connectivity index (χ1n) is 9.09. The Morgan fingerprint density at radius 1 is 0.900 bits per heavy atom. The predicted octanol–water partition coefficient (Wildman–Crippen LogP) is 5.64. The lowest BCUT2D eigenvalue weighted by atomic mass is 10.2. The molecule has 0 fully saturated rings. The van der Waals surface area contributed by atoms with E-state index in [-0.39, 0.29) is 11.7 Å². The summed E-state index contributed by atoms with van der Waals surface area (Å²) in [5.41, 5.74) is 2.67. The molecule has 0 spiro atoms. The molecule has 0 radical (unpaired) electrons. The molecular weight excluding hydrogens is 403 g/mol. The average Bonchev–Trinajstić information content (AvgIpc) is 3.13. The van der Waals surface area contributed by atoms with Crippen LogP contribution in [-0.4, -0.2) is 16.9 Å². The summed E-state index contributed by atoms with van der Waals surface area (Å²) in [5.74, 6) is -0.623. The van der Waals surface area contributed by atoms with Crippen LogP contribution in [0.5, 0.6) is 0 Å². The van der Waals surface area contributed by atoms with E-state index < -0.39 is 6.03 Å². The molecule has 0 unspecified atom stereocenters. The Labute approximate surface area is 175 Å². The summed E-state index contributed by atoms with van der Waals surface area (Å²) in [7, 11) is 0. The molecule has 0 saturated heterocycles. The number of halogens is 1. The standard InChI is InChI=1S/C22H17FN4O2S/c1-13-7-8-15(11-17(13)23)24-21(29)25-16-9-10-18-19(12-16)30-22(26-18)27-20(28)14-5-3-2-4-6-14/h2-12H,1H3,(H2,24,25,29)(H,26,27,28). The van der Waals surface area contributed by atoms with Gasteiger partial charge in [-0.2, -0.15) is 0 Å². The third-order valence-electron chi connectivity index (χ3n) is 4.33. The molecule has 3 amide bonds.